The van der Waals surface area contributed by atoms with Crippen LogP contribution in [0.3, 0.4) is 0 Å². The number of nitrogens with one attached hydrogen (secondary N) is 3. The van der Waals surface area contributed by atoms with E-state index >= 15 is 0 Å². The molecule has 0 spiro atoms. The number of hydrogen-bond acceptors (Lipinski definition) is 7. The van der Waals surface area contributed by atoms with Gasteiger partial charge in [-0.2, -0.15) is 4.31 Å². The smallest absolute Gasteiger partial charge is 0.326 e. The highest BCUT2D eigenvalue weighted by Gasteiger charge is 2.56. The van der Waals surface area contributed by atoms with Crippen molar-refractivity contribution in [3.8, 4) is 0 Å². The Morgan fingerprint density at radius 3 is 2.29 bits per heavy atom. The van der Waals surface area contributed by atoms with Gasteiger partial charge in [0.05, 0.1) is 24.3 Å². The predicted octanol–water partition coefficient (Wildman–Crippen LogP) is 0.332. The molecule has 0 aromatic heterocycles. The lowest BCUT2D eigenvalue weighted by atomic mass is 9.83. The molecule has 1 aromatic carbocycles. The lowest BCUT2D eigenvalue weighted by Gasteiger charge is -2.36. The van der Waals surface area contributed by atoms with Gasteiger partial charge in [-0.15, -0.1) is 0 Å². The number of carboxylic acids is 1. The van der Waals surface area contributed by atoms with E-state index in [0.29, 0.717) is 6.42 Å². The first kappa shape index (κ1) is 31.9. The molecule has 2 aliphatic heterocycles. The van der Waals surface area contributed by atoms with Crippen LogP contribution in [0.1, 0.15) is 51.0 Å². The predicted molar refractivity (Wildman–Crippen MR) is 156 cm³/mol. The summed E-state index contributed by atoms with van der Waals surface area (Å²) in [6.45, 7) is 1.79. The van der Waals surface area contributed by atoms with Gasteiger partial charge in [0.1, 0.15) is 12.1 Å². The number of benzene rings is 1. The second-order valence-corrected chi connectivity index (χ2v) is 13.7. The molecule has 42 heavy (non-hydrogen) atoms. The summed E-state index contributed by atoms with van der Waals surface area (Å²) in [5, 5.41) is 18.3. The molecule has 13 heteroatoms. The molecule has 0 unspecified atom stereocenters. The molecule has 1 aliphatic carbocycles. The first-order valence-electron chi connectivity index (χ1n) is 14.7. The van der Waals surface area contributed by atoms with Crippen molar-refractivity contribution >= 4 is 33.7 Å². The zero-order valence-corrected chi connectivity index (χ0v) is 25.3. The maximum atomic E-state index is 14.2. The van der Waals surface area contributed by atoms with Gasteiger partial charge in [0, 0.05) is 25.6 Å². The number of nitrogens with zero attached hydrogens (tertiary/aromatic N) is 2. The molecule has 1 saturated carbocycles. The van der Waals surface area contributed by atoms with Crippen molar-refractivity contribution in [3.63, 3.8) is 0 Å². The van der Waals surface area contributed by atoms with Gasteiger partial charge in [-0.1, -0.05) is 49.6 Å². The summed E-state index contributed by atoms with van der Waals surface area (Å²) in [7, 11) is -2.06. The fraction of sp³-hybridized carbons (Fsp3) is 0.655. The monoisotopic (exact) mass is 605 g/mol. The summed E-state index contributed by atoms with van der Waals surface area (Å²) in [6, 6.07) is 4.98. The first-order valence-corrected chi connectivity index (χ1v) is 16.6. The number of aliphatic carboxylic acids is 1. The van der Waals surface area contributed by atoms with Crippen LogP contribution in [0.2, 0.25) is 0 Å². The minimum Gasteiger partial charge on any atom is -0.480 e. The lowest BCUT2D eigenvalue weighted by Crippen LogP contribution is -2.58. The summed E-state index contributed by atoms with van der Waals surface area (Å²) in [6.07, 6.45) is 6.00. The van der Waals surface area contributed by atoms with Gasteiger partial charge < -0.3 is 26.0 Å². The normalized spacial score (nSPS) is 25.3. The molecule has 3 aliphatic rings. The molecule has 0 bridgehead atoms. The number of carbonyl (C=O) groups excluding carboxylic acids is 3. The van der Waals surface area contributed by atoms with Gasteiger partial charge in [0.25, 0.3) is 0 Å². The van der Waals surface area contributed by atoms with Crippen LogP contribution in [0.5, 0.6) is 0 Å². The molecule has 232 valence electrons. The Morgan fingerprint density at radius 2 is 1.69 bits per heavy atom. The lowest BCUT2D eigenvalue weighted by molar-refractivity contribution is -0.144. The van der Waals surface area contributed by atoms with E-state index in [-0.39, 0.29) is 37.2 Å². The molecule has 3 amide bonds. The third kappa shape index (κ3) is 7.12. The van der Waals surface area contributed by atoms with Crippen LogP contribution in [0, 0.1) is 11.8 Å². The number of likely N-dealkylation sites (N-methyl/N-ethyl adjacent to an activating group) is 1. The fourth-order valence-electron chi connectivity index (χ4n) is 6.68. The van der Waals surface area contributed by atoms with E-state index in [9.17, 15) is 32.7 Å². The van der Waals surface area contributed by atoms with E-state index in [2.05, 4.69) is 16.0 Å². The number of carbonyl (C=O) groups is 4. The second kappa shape index (κ2) is 13.5. The van der Waals surface area contributed by atoms with Crippen molar-refractivity contribution in [3.05, 3.63) is 35.9 Å². The summed E-state index contributed by atoms with van der Waals surface area (Å²) in [5.41, 5.74) is 0.729. The highest BCUT2D eigenvalue weighted by molar-refractivity contribution is 7.88. The van der Waals surface area contributed by atoms with Crippen molar-refractivity contribution in [1.29, 1.82) is 0 Å². The maximum Gasteiger partial charge on any atom is 0.326 e. The van der Waals surface area contributed by atoms with E-state index in [0.717, 1.165) is 43.9 Å². The van der Waals surface area contributed by atoms with Crippen LogP contribution < -0.4 is 16.0 Å². The largest absolute Gasteiger partial charge is 0.480 e. The molecule has 4 N–H and O–H groups in total. The van der Waals surface area contributed by atoms with Gasteiger partial charge >= 0.3 is 5.97 Å². The average molecular weight is 606 g/mol. The zero-order chi connectivity index (χ0) is 30.6. The number of rotatable bonds is 11. The molecule has 2 saturated heterocycles. The van der Waals surface area contributed by atoms with E-state index in [1.54, 1.807) is 43.1 Å². The number of amides is 3. The summed E-state index contributed by atoms with van der Waals surface area (Å²) in [5.74, 6) is -3.48. The Kier molecular flexibility index (Phi) is 10.3. The van der Waals surface area contributed by atoms with Gasteiger partial charge in [0.15, 0.2) is 0 Å². The Bertz CT molecular complexity index is 1250. The number of sulfonamides is 1. The summed E-state index contributed by atoms with van der Waals surface area (Å²) >= 11 is 0. The first-order chi connectivity index (χ1) is 19.9. The van der Waals surface area contributed by atoms with Gasteiger partial charge in [-0.25, -0.2) is 13.2 Å². The Balaban J connectivity index is 1.61. The van der Waals surface area contributed by atoms with Crippen molar-refractivity contribution in [2.45, 2.75) is 82.1 Å². The summed E-state index contributed by atoms with van der Waals surface area (Å²) in [4.78, 5) is 54.5. The maximum absolute atomic E-state index is 14.2. The molecule has 3 fully saturated rings. The minimum atomic E-state index is -3.72. The third-order valence-corrected chi connectivity index (χ3v) is 10.3. The molecule has 12 nitrogen and oxygen atoms in total. The van der Waals surface area contributed by atoms with Crippen LogP contribution >= 0.6 is 0 Å². The van der Waals surface area contributed by atoms with E-state index < -0.39 is 58.0 Å². The molecule has 0 radical (unpaired) electrons. The molecule has 4 rings (SSSR count). The Labute approximate surface area is 247 Å². The van der Waals surface area contributed by atoms with Crippen molar-refractivity contribution in [2.75, 3.05) is 26.4 Å². The average Bonchev–Trinajstić information content (AvgIpc) is 3.56. The molecular weight excluding hydrogens is 562 g/mol. The molecular formula is C29H43N5O7S. The van der Waals surface area contributed by atoms with Crippen molar-refractivity contribution in [1.82, 2.24) is 25.2 Å². The number of fused-ring (bicyclic) bond motifs is 1. The minimum absolute atomic E-state index is 0.0561. The number of hydrogen-bond donors (Lipinski definition) is 4. The van der Waals surface area contributed by atoms with E-state index in [1.165, 1.54) is 4.31 Å². The molecule has 6 atom stereocenters. The summed E-state index contributed by atoms with van der Waals surface area (Å²) < 4.78 is 26.8. The zero-order valence-electron chi connectivity index (χ0n) is 24.5. The Hall–Kier alpha value is -3.03. The quantitative estimate of drug-likeness (QED) is 0.280. The SMILES string of the molecule is CN[C@@H](C)C(=O)N[C@H](C(=O)N1CC[C@@H]2[C@H]1[C@@H](C(=O)N[C@@H](Cc1ccccc1)C(=O)O)CN2S(C)(=O)=O)C1CCCCC1. The van der Waals surface area contributed by atoms with Crippen LogP contribution in [0.25, 0.3) is 0 Å². The van der Waals surface area contributed by atoms with Crippen LogP contribution in [0.4, 0.5) is 0 Å². The number of carboxylic acid groups (broad SMARTS) is 1. The van der Waals surface area contributed by atoms with Gasteiger partial charge in [0.2, 0.25) is 27.7 Å². The van der Waals surface area contributed by atoms with E-state index in [4.69, 9.17) is 0 Å². The van der Waals surface area contributed by atoms with Crippen molar-refractivity contribution in [2.24, 2.45) is 11.8 Å². The topological polar surface area (TPSA) is 165 Å². The number of likely N-dealkylation sites (tertiary alicyclic amines) is 1. The van der Waals surface area contributed by atoms with E-state index in [1.807, 2.05) is 6.07 Å². The second-order valence-electron chi connectivity index (χ2n) is 11.8. The van der Waals surface area contributed by atoms with Crippen molar-refractivity contribution < 1.29 is 32.7 Å². The van der Waals surface area contributed by atoms with Crippen LogP contribution in [0.15, 0.2) is 30.3 Å². The highest BCUT2D eigenvalue weighted by atomic mass is 32.2. The standard InChI is InChI=1S/C29H43N5O7S/c1-18(30-2)26(35)32-24(20-12-8-5-9-13-20)28(37)33-15-14-23-25(33)21(17-34(23)42(3,40)41)27(36)31-22(29(38)39)16-19-10-6-4-7-11-19/h4,6-7,10-11,18,20-25,30H,5,8-9,12-17H2,1-3H3,(H,31,36)(H,32,35)(H,38,39)/t18-,21-,22-,23+,24-,25+/m0/s1. The van der Waals surface area contributed by atoms with Crippen LogP contribution in [-0.2, 0) is 35.6 Å². The Morgan fingerprint density at radius 1 is 1.02 bits per heavy atom. The van der Waals surface area contributed by atoms with Gasteiger partial charge in [-0.3, -0.25) is 14.4 Å². The fourth-order valence-corrected chi connectivity index (χ4v) is 7.83. The van der Waals surface area contributed by atoms with Crippen LogP contribution in [-0.4, -0.2) is 103 Å². The third-order valence-electron chi connectivity index (χ3n) is 9.03. The highest BCUT2D eigenvalue weighted by Crippen LogP contribution is 2.39. The van der Waals surface area contributed by atoms with Gasteiger partial charge in [-0.05, 0) is 44.7 Å². The molecule has 2 heterocycles. The molecule has 1 aromatic rings.